The van der Waals surface area contributed by atoms with Gasteiger partial charge in [-0.3, -0.25) is 5.32 Å². The molecule has 158 valence electrons. The zero-order chi connectivity index (χ0) is 21.0. The van der Waals surface area contributed by atoms with Crippen LogP contribution in [0.2, 0.25) is 0 Å². The van der Waals surface area contributed by atoms with Crippen LogP contribution in [-0.4, -0.2) is 46.2 Å². The molecule has 3 unspecified atom stereocenters. The summed E-state index contributed by atoms with van der Waals surface area (Å²) in [6, 6.07) is 2.52. The molecule has 30 heavy (non-hydrogen) atoms. The molecule has 4 heterocycles. The number of rotatable bonds is 3. The van der Waals surface area contributed by atoms with Gasteiger partial charge in [0.05, 0.1) is 16.8 Å². The number of piperazine rings is 1. The number of nitrogens with zero attached hydrogens (tertiary/aromatic N) is 4. The Morgan fingerprint density at radius 1 is 1.30 bits per heavy atom. The Balaban J connectivity index is 1.65. The van der Waals surface area contributed by atoms with E-state index in [4.69, 9.17) is 4.74 Å². The first-order valence-electron chi connectivity index (χ1n) is 9.77. The van der Waals surface area contributed by atoms with Crippen LogP contribution in [0, 0.1) is 0 Å². The number of hydrogen-bond acceptors (Lipinski definition) is 7. The fraction of sp³-hybridized carbons (Fsp3) is 0.474. The summed E-state index contributed by atoms with van der Waals surface area (Å²) in [5, 5.41) is 5.83. The number of fused-ring (bicyclic) bond motifs is 2. The van der Waals surface area contributed by atoms with Crippen molar-refractivity contribution in [3.8, 4) is 11.4 Å². The van der Waals surface area contributed by atoms with Crippen molar-refractivity contribution >= 4 is 17.7 Å². The summed E-state index contributed by atoms with van der Waals surface area (Å²) in [4.78, 5) is 26.5. The second-order valence-electron chi connectivity index (χ2n) is 7.57. The lowest BCUT2D eigenvalue weighted by Gasteiger charge is -2.30. The first-order valence-corrected chi connectivity index (χ1v) is 9.77. The monoisotopic (exact) mass is 420 g/mol. The number of hydrogen-bond donors (Lipinski definition) is 2. The Bertz CT molecular complexity index is 1010. The number of cyclic esters (lactones) is 1. The number of carbonyl (C=O) groups is 1. The molecule has 1 saturated carbocycles. The molecule has 1 amide bonds. The molecule has 2 N–H and O–H groups in total. The molecule has 2 aromatic heterocycles. The van der Waals surface area contributed by atoms with Gasteiger partial charge < -0.3 is 15.0 Å². The fourth-order valence-electron chi connectivity index (χ4n) is 4.12. The first-order chi connectivity index (χ1) is 14.3. The number of halogens is 3. The Morgan fingerprint density at radius 3 is 2.90 bits per heavy atom. The lowest BCUT2D eigenvalue weighted by Crippen LogP contribution is -2.44. The van der Waals surface area contributed by atoms with Gasteiger partial charge in [0.2, 0.25) is 0 Å². The van der Waals surface area contributed by atoms with E-state index in [0.29, 0.717) is 31.1 Å². The van der Waals surface area contributed by atoms with Crippen LogP contribution in [0.3, 0.4) is 0 Å². The molecule has 5 rings (SSSR count). The van der Waals surface area contributed by atoms with Gasteiger partial charge in [-0.15, -0.1) is 0 Å². The summed E-state index contributed by atoms with van der Waals surface area (Å²) in [6.45, 7) is 3.07. The van der Waals surface area contributed by atoms with Crippen LogP contribution in [0.1, 0.15) is 37.0 Å². The third kappa shape index (κ3) is 3.22. The van der Waals surface area contributed by atoms with E-state index in [9.17, 15) is 18.0 Å². The molecule has 11 heteroatoms. The third-order valence-corrected chi connectivity index (χ3v) is 5.64. The Hall–Kier alpha value is -2.95. The summed E-state index contributed by atoms with van der Waals surface area (Å²) in [7, 11) is 0. The second kappa shape index (κ2) is 6.79. The molecular weight excluding hydrogens is 401 g/mol. The van der Waals surface area contributed by atoms with Gasteiger partial charge in [-0.1, -0.05) is 6.92 Å². The van der Waals surface area contributed by atoms with E-state index in [1.807, 2.05) is 11.8 Å². The molecular formula is C19H19F3N6O2. The van der Waals surface area contributed by atoms with E-state index >= 15 is 0 Å². The number of alkyl halides is 3. The van der Waals surface area contributed by atoms with Gasteiger partial charge in [0.15, 0.2) is 0 Å². The smallest absolute Gasteiger partial charge is 0.416 e. The van der Waals surface area contributed by atoms with Gasteiger partial charge in [0, 0.05) is 25.2 Å². The van der Waals surface area contributed by atoms with Crippen molar-refractivity contribution in [2.24, 2.45) is 0 Å². The lowest BCUT2D eigenvalue weighted by molar-refractivity contribution is -0.137. The molecule has 1 saturated heterocycles. The number of pyridine rings is 1. The van der Waals surface area contributed by atoms with Gasteiger partial charge in [-0.2, -0.15) is 13.2 Å². The van der Waals surface area contributed by atoms with Crippen molar-refractivity contribution in [3.63, 3.8) is 0 Å². The highest BCUT2D eigenvalue weighted by Crippen LogP contribution is 2.41. The average molecular weight is 420 g/mol. The van der Waals surface area contributed by atoms with E-state index < -0.39 is 23.9 Å². The van der Waals surface area contributed by atoms with E-state index in [1.165, 1.54) is 6.33 Å². The van der Waals surface area contributed by atoms with Crippen molar-refractivity contribution < 1.29 is 22.7 Å². The predicted molar refractivity (Wildman–Crippen MR) is 101 cm³/mol. The molecule has 3 aliphatic rings. The third-order valence-electron chi connectivity index (χ3n) is 5.64. The first kappa shape index (κ1) is 19.0. The zero-order valence-corrected chi connectivity index (χ0v) is 16.0. The van der Waals surface area contributed by atoms with Crippen molar-refractivity contribution in [3.05, 3.63) is 29.6 Å². The summed E-state index contributed by atoms with van der Waals surface area (Å²) in [6.07, 6.45) is -3.35. The van der Waals surface area contributed by atoms with Crippen LogP contribution >= 0.6 is 0 Å². The number of amides is 1. The van der Waals surface area contributed by atoms with Gasteiger partial charge >= 0.3 is 12.3 Å². The minimum atomic E-state index is -4.54. The molecule has 3 atom stereocenters. The molecule has 2 aromatic rings. The van der Waals surface area contributed by atoms with Crippen LogP contribution in [-0.2, 0) is 10.9 Å². The maximum absolute atomic E-state index is 13.7. The zero-order valence-electron chi connectivity index (χ0n) is 16.0. The Kier molecular flexibility index (Phi) is 4.31. The van der Waals surface area contributed by atoms with E-state index in [1.54, 1.807) is 0 Å². The van der Waals surface area contributed by atoms with Crippen molar-refractivity contribution in [1.82, 2.24) is 20.3 Å². The molecule has 0 bridgehead atoms. The van der Waals surface area contributed by atoms with E-state index in [0.717, 1.165) is 18.6 Å². The summed E-state index contributed by atoms with van der Waals surface area (Å²) < 4.78 is 46.4. The SMILES string of the molecule is CCC1OC(=O)Nc2ncnc(-c3cc(C(F)(F)F)cc(N4CCNC5CC54)n3)c21. The van der Waals surface area contributed by atoms with Crippen LogP contribution in [0.25, 0.3) is 11.4 Å². The van der Waals surface area contributed by atoms with Crippen molar-refractivity contribution in [1.29, 1.82) is 0 Å². The molecule has 0 aromatic carbocycles. The van der Waals surface area contributed by atoms with Gasteiger partial charge in [-0.05, 0) is 25.0 Å². The summed E-state index contributed by atoms with van der Waals surface area (Å²) in [5.41, 5.74) is -0.0597. The molecule has 2 aliphatic heterocycles. The number of aromatic nitrogens is 3. The number of carbonyl (C=O) groups excluding carboxylic acids is 1. The average Bonchev–Trinajstić information content (AvgIpc) is 3.51. The molecule has 8 nitrogen and oxygen atoms in total. The minimum absolute atomic E-state index is 0.0763. The van der Waals surface area contributed by atoms with Crippen LogP contribution in [0.15, 0.2) is 18.5 Å². The largest absolute Gasteiger partial charge is 0.441 e. The quantitative estimate of drug-likeness (QED) is 0.788. The standard InChI is InChI=1S/C19H19F3N6O2/c1-2-13-15-16(24-8-25-17(15)27-18(29)30-13)11-5-9(19(20,21)22)6-14(26-11)28-4-3-23-10-7-12(10)28/h5-6,8,10,12-13,23H,2-4,7H2,1H3,(H,24,25,27,29). The Labute approximate surface area is 169 Å². The molecule has 2 fully saturated rings. The van der Waals surface area contributed by atoms with Crippen molar-refractivity contribution in [2.45, 2.75) is 44.1 Å². The second-order valence-corrected chi connectivity index (χ2v) is 7.57. The topological polar surface area (TPSA) is 92.3 Å². The number of anilines is 2. The minimum Gasteiger partial charge on any atom is -0.441 e. The van der Waals surface area contributed by atoms with E-state index in [-0.39, 0.29) is 29.1 Å². The van der Waals surface area contributed by atoms with Gasteiger partial charge in [0.25, 0.3) is 0 Å². The fourth-order valence-corrected chi connectivity index (χ4v) is 4.12. The molecule has 0 spiro atoms. The highest BCUT2D eigenvalue weighted by Gasteiger charge is 2.45. The maximum atomic E-state index is 13.7. The number of nitrogens with one attached hydrogen (secondary N) is 2. The highest BCUT2D eigenvalue weighted by atomic mass is 19.4. The predicted octanol–water partition coefficient (Wildman–Crippen LogP) is 3.12. The van der Waals surface area contributed by atoms with Crippen molar-refractivity contribution in [2.75, 3.05) is 23.3 Å². The van der Waals surface area contributed by atoms with Gasteiger partial charge in [-0.25, -0.2) is 19.7 Å². The van der Waals surface area contributed by atoms with E-state index in [2.05, 4.69) is 25.6 Å². The highest BCUT2D eigenvalue weighted by molar-refractivity contribution is 5.88. The lowest BCUT2D eigenvalue weighted by atomic mass is 10.0. The summed E-state index contributed by atoms with van der Waals surface area (Å²) >= 11 is 0. The van der Waals surface area contributed by atoms with Crippen LogP contribution in [0.4, 0.5) is 29.6 Å². The normalized spacial score (nSPS) is 25.1. The number of ether oxygens (including phenoxy) is 1. The van der Waals surface area contributed by atoms with Crippen LogP contribution in [0.5, 0.6) is 0 Å². The molecule has 1 aliphatic carbocycles. The van der Waals surface area contributed by atoms with Crippen LogP contribution < -0.4 is 15.5 Å². The summed E-state index contributed by atoms with van der Waals surface area (Å²) in [5.74, 6) is 0.503. The maximum Gasteiger partial charge on any atom is 0.416 e. The van der Waals surface area contributed by atoms with Gasteiger partial charge in [0.1, 0.15) is 29.8 Å². The Morgan fingerprint density at radius 2 is 2.13 bits per heavy atom. The molecule has 0 radical (unpaired) electrons.